The fourth-order valence-corrected chi connectivity index (χ4v) is 9.16. The van der Waals surface area contributed by atoms with Crippen molar-refractivity contribution < 1.29 is 9.59 Å². The molecule has 2 amide bonds. The number of fused-ring (bicyclic) bond motifs is 3. The molecule has 44 heavy (non-hydrogen) atoms. The van der Waals surface area contributed by atoms with Crippen molar-refractivity contribution in [3.05, 3.63) is 84.2 Å². The molecule has 0 radical (unpaired) electrons. The maximum Gasteiger partial charge on any atom is 0.266 e. The number of imide groups is 1. The van der Waals surface area contributed by atoms with Crippen LogP contribution in [0.5, 0.6) is 0 Å². The Labute approximate surface area is 269 Å². The van der Waals surface area contributed by atoms with Crippen molar-refractivity contribution in [2.75, 3.05) is 4.90 Å². The molecular weight excluding hydrogens is 581 g/mol. The number of aryl methyl sites for hydroxylation is 5. The van der Waals surface area contributed by atoms with Crippen molar-refractivity contribution in [3.63, 3.8) is 0 Å². The maximum atomic E-state index is 14.5. The molecule has 0 spiro atoms. The summed E-state index contributed by atoms with van der Waals surface area (Å²) in [5, 5.41) is 2.24. The molecule has 4 heterocycles. The van der Waals surface area contributed by atoms with Crippen LogP contribution < -0.4 is 4.90 Å². The molecule has 5 aromatic rings. The summed E-state index contributed by atoms with van der Waals surface area (Å²) in [6.07, 6.45) is 7.50. The van der Waals surface area contributed by atoms with Crippen LogP contribution in [-0.4, -0.2) is 16.4 Å². The molecule has 1 aliphatic heterocycles. The van der Waals surface area contributed by atoms with Crippen molar-refractivity contribution in [1.29, 1.82) is 0 Å². The number of hydrogen-bond acceptors (Lipinski definition) is 4. The highest BCUT2D eigenvalue weighted by Gasteiger charge is 2.43. The first-order chi connectivity index (χ1) is 21.1. The Morgan fingerprint density at radius 2 is 1.16 bits per heavy atom. The number of para-hydroxylation sites is 1. The van der Waals surface area contributed by atoms with Crippen LogP contribution in [0.15, 0.2) is 42.5 Å². The fourth-order valence-electron chi connectivity index (χ4n) is 7.02. The smallest absolute Gasteiger partial charge is 0.266 e. The van der Waals surface area contributed by atoms with Crippen LogP contribution >= 0.6 is 22.7 Å². The third kappa shape index (κ3) is 4.96. The van der Waals surface area contributed by atoms with E-state index in [9.17, 15) is 9.59 Å². The summed E-state index contributed by atoms with van der Waals surface area (Å²) in [5.74, 6) is -0.460. The summed E-state index contributed by atoms with van der Waals surface area (Å²) in [6.45, 7) is 15.7. The average Bonchev–Trinajstić information content (AvgIpc) is 3.62. The first-order valence-electron chi connectivity index (χ1n) is 15.9. The number of aromatic nitrogens is 1. The molecule has 0 saturated carbocycles. The van der Waals surface area contributed by atoms with E-state index in [4.69, 9.17) is 0 Å². The lowest BCUT2D eigenvalue weighted by atomic mass is 9.92. The lowest BCUT2D eigenvalue weighted by Crippen LogP contribution is -2.31. The number of amides is 2. The Morgan fingerprint density at radius 3 is 1.73 bits per heavy atom. The number of unbranched alkanes of at least 4 members (excludes halogenated alkanes) is 5. The van der Waals surface area contributed by atoms with E-state index in [1.54, 1.807) is 22.7 Å². The molecule has 0 N–H and O–H groups in total. The predicted octanol–water partition coefficient (Wildman–Crippen LogP) is 10.6. The second-order valence-corrected chi connectivity index (χ2v) is 15.1. The van der Waals surface area contributed by atoms with Gasteiger partial charge in [-0.25, -0.2) is 4.90 Å². The van der Waals surface area contributed by atoms with Crippen molar-refractivity contribution in [3.8, 4) is 0 Å². The summed E-state index contributed by atoms with van der Waals surface area (Å²) in [7, 11) is 0. The minimum atomic E-state index is -0.230. The van der Waals surface area contributed by atoms with Crippen LogP contribution in [-0.2, 0) is 16.1 Å². The van der Waals surface area contributed by atoms with Gasteiger partial charge in [-0.2, -0.15) is 0 Å². The second kappa shape index (κ2) is 12.1. The molecule has 228 valence electrons. The molecule has 4 nitrogen and oxygen atoms in total. The lowest BCUT2D eigenvalue weighted by Gasteiger charge is -2.16. The zero-order valence-corrected chi connectivity index (χ0v) is 28.7. The van der Waals surface area contributed by atoms with Gasteiger partial charge in [0.2, 0.25) is 0 Å². The zero-order chi connectivity index (χ0) is 31.3. The summed E-state index contributed by atoms with van der Waals surface area (Å²) in [6, 6.07) is 14.6. The summed E-state index contributed by atoms with van der Waals surface area (Å²) < 4.78 is 2.42. The van der Waals surface area contributed by atoms with E-state index in [1.807, 2.05) is 6.07 Å². The summed E-state index contributed by atoms with van der Waals surface area (Å²) in [4.78, 5) is 35.0. The van der Waals surface area contributed by atoms with Crippen LogP contribution in [0.2, 0.25) is 0 Å². The van der Waals surface area contributed by atoms with Crippen molar-refractivity contribution in [2.45, 2.75) is 93.5 Å². The first-order valence-corrected chi connectivity index (χ1v) is 17.6. The Balaban J connectivity index is 1.46. The summed E-state index contributed by atoms with van der Waals surface area (Å²) >= 11 is 3.39. The van der Waals surface area contributed by atoms with E-state index < -0.39 is 0 Å². The van der Waals surface area contributed by atoms with E-state index in [0.29, 0.717) is 16.8 Å². The number of nitrogens with zero attached hydrogens (tertiary/aromatic N) is 2. The molecule has 6 rings (SSSR count). The number of anilines is 1. The molecule has 2 aromatic carbocycles. The van der Waals surface area contributed by atoms with Crippen molar-refractivity contribution in [1.82, 2.24) is 4.57 Å². The molecular formula is C38H42N2O2S2. The van der Waals surface area contributed by atoms with Crippen LogP contribution in [0.25, 0.3) is 33.0 Å². The SMILES string of the molecule is CCCCCCCCn1c2ccccc2c2cc(N3C(=O)C(c4c(C)sc(C)c4C)=C(c4c(C)sc(C)c4C)C3=O)ccc21. The molecule has 0 atom stereocenters. The minimum absolute atomic E-state index is 0.230. The van der Waals surface area contributed by atoms with Crippen molar-refractivity contribution in [2.24, 2.45) is 0 Å². The monoisotopic (exact) mass is 622 g/mol. The van der Waals surface area contributed by atoms with Crippen LogP contribution in [0.4, 0.5) is 5.69 Å². The highest BCUT2D eigenvalue weighted by molar-refractivity contribution is 7.12. The Hall–Kier alpha value is -3.48. The van der Waals surface area contributed by atoms with Gasteiger partial charge in [0.25, 0.3) is 11.8 Å². The largest absolute Gasteiger partial charge is 0.340 e. The number of hydrogen-bond donors (Lipinski definition) is 0. The Bertz CT molecular complexity index is 1890. The van der Waals surface area contributed by atoms with Gasteiger partial charge in [-0.1, -0.05) is 57.2 Å². The van der Waals surface area contributed by atoms with E-state index in [1.165, 1.54) is 52.3 Å². The van der Waals surface area contributed by atoms with Gasteiger partial charge in [0, 0.05) is 59.0 Å². The molecule has 6 heteroatoms. The number of thiophene rings is 2. The van der Waals surface area contributed by atoms with Crippen LogP contribution in [0.1, 0.15) is 87.2 Å². The highest BCUT2D eigenvalue weighted by atomic mass is 32.1. The molecule has 0 fully saturated rings. The molecule has 0 unspecified atom stereocenters. The van der Waals surface area contributed by atoms with Gasteiger partial charge in [-0.3, -0.25) is 9.59 Å². The van der Waals surface area contributed by atoms with Crippen molar-refractivity contribution >= 4 is 73.1 Å². The minimum Gasteiger partial charge on any atom is -0.340 e. The molecule has 0 bridgehead atoms. The first kappa shape index (κ1) is 30.5. The molecule has 1 aliphatic rings. The van der Waals surface area contributed by atoms with Crippen LogP contribution in [0, 0.1) is 41.5 Å². The van der Waals surface area contributed by atoms with E-state index in [0.717, 1.165) is 61.3 Å². The number of rotatable bonds is 10. The van der Waals surface area contributed by atoms with E-state index in [2.05, 4.69) is 89.4 Å². The van der Waals surface area contributed by atoms with Gasteiger partial charge in [-0.05, 0) is 83.4 Å². The average molecular weight is 623 g/mol. The topological polar surface area (TPSA) is 42.3 Å². The van der Waals surface area contributed by atoms with Gasteiger partial charge >= 0.3 is 0 Å². The zero-order valence-electron chi connectivity index (χ0n) is 27.0. The van der Waals surface area contributed by atoms with Gasteiger partial charge < -0.3 is 4.57 Å². The Kier molecular flexibility index (Phi) is 8.42. The number of benzene rings is 2. The quantitative estimate of drug-likeness (QED) is 0.115. The third-order valence-electron chi connectivity index (χ3n) is 9.46. The van der Waals surface area contributed by atoms with E-state index >= 15 is 0 Å². The fraction of sp³-hybridized carbons (Fsp3) is 0.368. The van der Waals surface area contributed by atoms with Crippen LogP contribution in [0.3, 0.4) is 0 Å². The molecule has 3 aromatic heterocycles. The normalized spacial score (nSPS) is 13.9. The summed E-state index contributed by atoms with van der Waals surface area (Å²) in [5.41, 5.74) is 8.07. The van der Waals surface area contributed by atoms with E-state index in [-0.39, 0.29) is 11.8 Å². The maximum absolute atomic E-state index is 14.5. The number of carbonyl (C=O) groups excluding carboxylic acids is 2. The van der Waals surface area contributed by atoms with Gasteiger partial charge in [0.1, 0.15) is 0 Å². The molecule has 0 aliphatic carbocycles. The molecule has 0 saturated heterocycles. The van der Waals surface area contributed by atoms with Gasteiger partial charge in [-0.15, -0.1) is 22.7 Å². The lowest BCUT2D eigenvalue weighted by molar-refractivity contribution is -0.119. The second-order valence-electron chi connectivity index (χ2n) is 12.3. The third-order valence-corrected chi connectivity index (χ3v) is 11.7. The highest BCUT2D eigenvalue weighted by Crippen LogP contribution is 2.46. The Morgan fingerprint density at radius 1 is 0.614 bits per heavy atom. The van der Waals surface area contributed by atoms with Gasteiger partial charge in [0.05, 0.1) is 16.8 Å². The predicted molar refractivity (Wildman–Crippen MR) is 189 cm³/mol. The van der Waals surface area contributed by atoms with Gasteiger partial charge in [0.15, 0.2) is 0 Å². The standard InChI is InChI=1S/C38H42N2O2S2/c1-8-9-10-11-12-15-20-39-31-17-14-13-16-29(31)30-21-28(18-19-32(30)39)40-37(41)35(33-22(2)24(4)43-26(33)6)36(38(40)42)34-23(3)25(5)44-27(34)7/h13-14,16-19,21H,8-12,15,20H2,1-7H3. The number of carbonyl (C=O) groups is 2.